The largest absolute Gasteiger partial charge is 0.393 e. The third-order valence-corrected chi connectivity index (χ3v) is 4.87. The predicted octanol–water partition coefficient (Wildman–Crippen LogP) is 2.95. The van der Waals surface area contributed by atoms with E-state index < -0.39 is 0 Å². The fourth-order valence-electron chi connectivity index (χ4n) is 2.51. The van der Waals surface area contributed by atoms with Gasteiger partial charge in [0, 0.05) is 22.8 Å². The molecule has 1 aromatic heterocycles. The highest BCUT2D eigenvalue weighted by molar-refractivity contribution is 7.11. The molecule has 0 spiro atoms. The highest BCUT2D eigenvalue weighted by atomic mass is 32.1. The van der Waals surface area contributed by atoms with Crippen LogP contribution in [0.3, 0.4) is 0 Å². The lowest BCUT2D eigenvalue weighted by Gasteiger charge is -2.27. The molecule has 0 radical (unpaired) electrons. The Hall–Kier alpha value is -0.380. The third kappa shape index (κ3) is 3.80. The van der Waals surface area contributed by atoms with Crippen molar-refractivity contribution >= 4 is 11.3 Å². The molecule has 1 aliphatic rings. The van der Waals surface area contributed by atoms with Crippen LogP contribution in [0.2, 0.25) is 0 Å². The van der Waals surface area contributed by atoms with Gasteiger partial charge in [0.1, 0.15) is 0 Å². The second kappa shape index (κ2) is 6.53. The number of aliphatic hydroxyl groups is 1. The molecule has 1 aromatic rings. The van der Waals surface area contributed by atoms with Crippen molar-refractivity contribution in [1.29, 1.82) is 0 Å². The molecule has 3 heteroatoms. The van der Waals surface area contributed by atoms with Gasteiger partial charge in [-0.3, -0.25) is 0 Å². The molecule has 2 atom stereocenters. The first-order valence-electron chi connectivity index (χ1n) is 6.76. The van der Waals surface area contributed by atoms with E-state index >= 15 is 0 Å². The Labute approximate surface area is 108 Å². The van der Waals surface area contributed by atoms with E-state index in [2.05, 4.69) is 24.4 Å². The van der Waals surface area contributed by atoms with Gasteiger partial charge in [0.15, 0.2) is 0 Å². The summed E-state index contributed by atoms with van der Waals surface area (Å²) >= 11 is 1.90. The highest BCUT2D eigenvalue weighted by Gasteiger charge is 2.22. The van der Waals surface area contributed by atoms with Crippen LogP contribution in [0.25, 0.3) is 0 Å². The molecular formula is C14H23NOS. The van der Waals surface area contributed by atoms with E-state index in [0.717, 1.165) is 25.9 Å². The van der Waals surface area contributed by atoms with E-state index in [1.807, 2.05) is 11.3 Å². The zero-order chi connectivity index (χ0) is 12.1. The first kappa shape index (κ1) is 13.1. The molecule has 2 nitrogen and oxygen atoms in total. The van der Waals surface area contributed by atoms with Crippen LogP contribution in [-0.4, -0.2) is 17.8 Å². The Balaban J connectivity index is 1.71. The Kier molecular flexibility index (Phi) is 5.01. The molecule has 0 bridgehead atoms. The molecule has 2 unspecified atom stereocenters. The molecule has 0 aliphatic heterocycles. The van der Waals surface area contributed by atoms with Gasteiger partial charge in [-0.2, -0.15) is 0 Å². The maximum absolute atomic E-state index is 9.87. The summed E-state index contributed by atoms with van der Waals surface area (Å²) in [6.45, 7) is 4.11. The van der Waals surface area contributed by atoms with Crippen molar-refractivity contribution in [1.82, 2.24) is 5.32 Å². The normalized spacial score (nSPS) is 25.1. The minimum absolute atomic E-state index is 0.0780. The molecule has 1 heterocycles. The fraction of sp³-hybridized carbons (Fsp3) is 0.714. The molecule has 2 rings (SSSR count). The summed E-state index contributed by atoms with van der Waals surface area (Å²) in [6, 6.07) is 4.44. The molecule has 1 fully saturated rings. The molecular weight excluding hydrogens is 230 g/mol. The van der Waals surface area contributed by atoms with Crippen LogP contribution < -0.4 is 5.32 Å². The van der Waals surface area contributed by atoms with Crippen molar-refractivity contribution < 1.29 is 5.11 Å². The summed E-state index contributed by atoms with van der Waals surface area (Å²) < 4.78 is 0. The smallest absolute Gasteiger partial charge is 0.0580 e. The zero-order valence-electron chi connectivity index (χ0n) is 10.6. The minimum Gasteiger partial charge on any atom is -0.393 e. The molecule has 1 saturated carbocycles. The molecule has 96 valence electrons. The SMILES string of the molecule is CCc1ccc(CNCC2CCCCC2O)s1. The number of nitrogens with one attached hydrogen (secondary N) is 1. The number of thiophene rings is 1. The Morgan fingerprint density at radius 1 is 1.29 bits per heavy atom. The van der Waals surface area contributed by atoms with Gasteiger partial charge in [0.05, 0.1) is 6.10 Å². The molecule has 17 heavy (non-hydrogen) atoms. The van der Waals surface area contributed by atoms with Gasteiger partial charge < -0.3 is 10.4 Å². The van der Waals surface area contributed by atoms with E-state index in [0.29, 0.717) is 5.92 Å². The Bertz CT molecular complexity index is 337. The van der Waals surface area contributed by atoms with Crippen LogP contribution in [0.15, 0.2) is 12.1 Å². The number of aliphatic hydroxyl groups excluding tert-OH is 1. The van der Waals surface area contributed by atoms with Crippen LogP contribution in [0.1, 0.15) is 42.4 Å². The van der Waals surface area contributed by atoms with Crippen LogP contribution in [0.4, 0.5) is 0 Å². The lowest BCUT2D eigenvalue weighted by molar-refractivity contribution is 0.0695. The quantitative estimate of drug-likeness (QED) is 0.845. The van der Waals surface area contributed by atoms with Crippen molar-refractivity contribution in [2.45, 2.75) is 51.7 Å². The summed E-state index contributed by atoms with van der Waals surface area (Å²) in [7, 11) is 0. The lowest BCUT2D eigenvalue weighted by atomic mass is 9.86. The van der Waals surface area contributed by atoms with Crippen molar-refractivity contribution in [3.63, 3.8) is 0 Å². The summed E-state index contributed by atoms with van der Waals surface area (Å²) in [6.07, 6.45) is 5.70. The average Bonchev–Trinajstić information content (AvgIpc) is 2.80. The monoisotopic (exact) mass is 253 g/mol. The molecule has 2 N–H and O–H groups in total. The second-order valence-electron chi connectivity index (χ2n) is 4.96. The van der Waals surface area contributed by atoms with Crippen LogP contribution in [0, 0.1) is 5.92 Å². The van der Waals surface area contributed by atoms with E-state index in [9.17, 15) is 5.11 Å². The maximum Gasteiger partial charge on any atom is 0.0580 e. The molecule has 1 aliphatic carbocycles. The molecule has 0 amide bonds. The van der Waals surface area contributed by atoms with Gasteiger partial charge in [-0.1, -0.05) is 19.8 Å². The standard InChI is InChI=1S/C14H23NOS/c1-2-12-7-8-13(17-12)10-15-9-11-5-3-4-6-14(11)16/h7-8,11,14-16H,2-6,9-10H2,1H3. The summed E-state index contributed by atoms with van der Waals surface area (Å²) in [4.78, 5) is 2.87. The number of rotatable bonds is 5. The van der Waals surface area contributed by atoms with Gasteiger partial charge in [-0.05, 0) is 37.3 Å². The highest BCUT2D eigenvalue weighted by Crippen LogP contribution is 2.24. The first-order chi connectivity index (χ1) is 8.29. The number of hydrogen-bond donors (Lipinski definition) is 2. The van der Waals surface area contributed by atoms with E-state index in [1.165, 1.54) is 29.0 Å². The average molecular weight is 253 g/mol. The van der Waals surface area contributed by atoms with Crippen LogP contribution in [-0.2, 0) is 13.0 Å². The fourth-order valence-corrected chi connectivity index (χ4v) is 3.44. The molecule has 0 saturated heterocycles. The summed E-state index contributed by atoms with van der Waals surface area (Å²) in [5, 5.41) is 13.4. The van der Waals surface area contributed by atoms with Gasteiger partial charge in [-0.15, -0.1) is 11.3 Å². The minimum atomic E-state index is -0.0780. The predicted molar refractivity (Wildman–Crippen MR) is 73.4 cm³/mol. The van der Waals surface area contributed by atoms with Crippen molar-refractivity contribution in [3.05, 3.63) is 21.9 Å². The summed E-state index contributed by atoms with van der Waals surface area (Å²) in [5.41, 5.74) is 0. The van der Waals surface area contributed by atoms with Crippen molar-refractivity contribution in [3.8, 4) is 0 Å². The van der Waals surface area contributed by atoms with Gasteiger partial charge in [0.25, 0.3) is 0 Å². The van der Waals surface area contributed by atoms with Crippen LogP contribution in [0.5, 0.6) is 0 Å². The van der Waals surface area contributed by atoms with Crippen molar-refractivity contribution in [2.24, 2.45) is 5.92 Å². The Morgan fingerprint density at radius 2 is 2.06 bits per heavy atom. The van der Waals surface area contributed by atoms with Gasteiger partial charge in [0.2, 0.25) is 0 Å². The van der Waals surface area contributed by atoms with Gasteiger partial charge >= 0.3 is 0 Å². The lowest BCUT2D eigenvalue weighted by Crippen LogP contribution is -2.33. The topological polar surface area (TPSA) is 32.3 Å². The first-order valence-corrected chi connectivity index (χ1v) is 7.57. The maximum atomic E-state index is 9.87. The summed E-state index contributed by atoms with van der Waals surface area (Å²) in [5.74, 6) is 0.467. The second-order valence-corrected chi connectivity index (χ2v) is 6.22. The Morgan fingerprint density at radius 3 is 2.76 bits per heavy atom. The molecule has 0 aromatic carbocycles. The van der Waals surface area contributed by atoms with Gasteiger partial charge in [-0.25, -0.2) is 0 Å². The number of aryl methyl sites for hydroxylation is 1. The van der Waals surface area contributed by atoms with E-state index in [4.69, 9.17) is 0 Å². The number of hydrogen-bond acceptors (Lipinski definition) is 3. The third-order valence-electron chi connectivity index (χ3n) is 3.64. The zero-order valence-corrected chi connectivity index (χ0v) is 11.4. The van der Waals surface area contributed by atoms with Crippen LogP contribution >= 0.6 is 11.3 Å². The van der Waals surface area contributed by atoms with Crippen molar-refractivity contribution in [2.75, 3.05) is 6.54 Å². The van der Waals surface area contributed by atoms with E-state index in [-0.39, 0.29) is 6.10 Å². The van der Waals surface area contributed by atoms with E-state index in [1.54, 1.807) is 0 Å².